The molecule has 0 unspecified atom stereocenters. The number of carbonyl (C=O) groups is 1. The van der Waals surface area contributed by atoms with Crippen molar-refractivity contribution in [3.63, 3.8) is 0 Å². The Morgan fingerprint density at radius 1 is 1.24 bits per heavy atom. The fraction of sp³-hybridized carbons (Fsp3) is 0.500. The quantitative estimate of drug-likeness (QED) is 0.854. The monoisotopic (exact) mass is 304 g/mol. The topological polar surface area (TPSA) is 55.6 Å². The van der Waals surface area contributed by atoms with Gasteiger partial charge in [-0.15, -0.1) is 0 Å². The molecule has 0 bridgehead atoms. The lowest BCUT2D eigenvalue weighted by Crippen LogP contribution is -2.49. The molecule has 2 aliphatic rings. The summed E-state index contributed by atoms with van der Waals surface area (Å²) in [4.78, 5) is 15.3. The third kappa shape index (κ3) is 2.39. The summed E-state index contributed by atoms with van der Waals surface area (Å²) in [6.45, 7) is 1.28. The summed E-state index contributed by atoms with van der Waals surface area (Å²) in [5.41, 5.74) is 6.13. The number of fused-ring (bicyclic) bond motifs is 1. The molecule has 1 amide bonds. The van der Waals surface area contributed by atoms with E-state index in [9.17, 15) is 4.79 Å². The Hall–Kier alpha value is -1.62. The summed E-state index contributed by atoms with van der Waals surface area (Å²) >= 11 is 5.24. The number of hydrogen-bond acceptors (Lipinski definition) is 3. The third-order valence-corrected chi connectivity index (χ3v) is 4.91. The van der Waals surface area contributed by atoms with Crippen molar-refractivity contribution in [2.45, 2.75) is 32.1 Å². The number of anilines is 1. The predicted octanol–water partition coefficient (Wildman–Crippen LogP) is 2.65. The molecule has 1 aromatic carbocycles. The fourth-order valence-electron chi connectivity index (χ4n) is 3.34. The Kier molecular flexibility index (Phi) is 3.85. The van der Waals surface area contributed by atoms with Gasteiger partial charge in [0, 0.05) is 6.54 Å². The van der Waals surface area contributed by atoms with Crippen LogP contribution in [0.2, 0.25) is 0 Å². The number of benzene rings is 1. The van der Waals surface area contributed by atoms with Crippen molar-refractivity contribution in [1.82, 2.24) is 0 Å². The predicted molar refractivity (Wildman–Crippen MR) is 86.6 cm³/mol. The molecule has 2 N–H and O–H groups in total. The second-order valence-electron chi connectivity index (χ2n) is 5.78. The van der Waals surface area contributed by atoms with Crippen LogP contribution < -0.4 is 15.4 Å². The minimum atomic E-state index is -0.660. The van der Waals surface area contributed by atoms with E-state index in [1.165, 1.54) is 0 Å². The summed E-state index contributed by atoms with van der Waals surface area (Å²) in [6, 6.07) is 7.69. The fourth-order valence-corrected chi connectivity index (χ4v) is 3.63. The standard InChI is InChI=1S/C16H20N2O2S/c17-14(21)16(8-3-4-9-16)15(19)18-10-5-11-20-13-7-2-1-6-12(13)18/h1-2,6-7H,3-5,8-11H2,(H2,17,21). The van der Waals surface area contributed by atoms with Gasteiger partial charge in [0.25, 0.3) is 0 Å². The summed E-state index contributed by atoms with van der Waals surface area (Å²) in [5.74, 6) is 0.810. The number of para-hydroxylation sites is 2. The Bertz CT molecular complexity index is 567. The van der Waals surface area contributed by atoms with Gasteiger partial charge in [0.15, 0.2) is 0 Å². The summed E-state index contributed by atoms with van der Waals surface area (Å²) in [7, 11) is 0. The van der Waals surface area contributed by atoms with E-state index in [2.05, 4.69) is 0 Å². The minimum Gasteiger partial charge on any atom is -0.491 e. The molecule has 1 aliphatic carbocycles. The molecule has 0 saturated heterocycles. The first-order valence-corrected chi connectivity index (χ1v) is 7.90. The highest BCUT2D eigenvalue weighted by Crippen LogP contribution is 2.42. The van der Waals surface area contributed by atoms with E-state index in [0.29, 0.717) is 18.1 Å². The maximum atomic E-state index is 13.2. The SMILES string of the molecule is NC(=S)C1(C(=O)N2CCCOc3ccccc32)CCCC1. The van der Waals surface area contributed by atoms with Gasteiger partial charge in [0.2, 0.25) is 5.91 Å². The van der Waals surface area contributed by atoms with Crippen molar-refractivity contribution < 1.29 is 9.53 Å². The van der Waals surface area contributed by atoms with Gasteiger partial charge in [-0.05, 0) is 31.4 Å². The van der Waals surface area contributed by atoms with E-state index in [1.807, 2.05) is 29.2 Å². The molecule has 21 heavy (non-hydrogen) atoms. The van der Waals surface area contributed by atoms with Crippen molar-refractivity contribution in [1.29, 1.82) is 0 Å². The van der Waals surface area contributed by atoms with E-state index in [1.54, 1.807) is 0 Å². The molecule has 4 nitrogen and oxygen atoms in total. The van der Waals surface area contributed by atoms with Gasteiger partial charge < -0.3 is 15.4 Å². The Balaban J connectivity index is 1.99. The van der Waals surface area contributed by atoms with Crippen LogP contribution in [0, 0.1) is 5.41 Å². The number of nitrogens with two attached hydrogens (primary N) is 1. The first kappa shape index (κ1) is 14.3. The zero-order valence-electron chi connectivity index (χ0n) is 12.0. The van der Waals surface area contributed by atoms with Gasteiger partial charge in [-0.3, -0.25) is 4.79 Å². The number of carbonyl (C=O) groups excluding carboxylic acids is 1. The Morgan fingerprint density at radius 3 is 2.67 bits per heavy atom. The molecule has 1 heterocycles. The normalized spacial score (nSPS) is 20.3. The number of ether oxygens (including phenoxy) is 1. The Morgan fingerprint density at radius 2 is 1.95 bits per heavy atom. The van der Waals surface area contributed by atoms with Crippen LogP contribution in [0.5, 0.6) is 5.75 Å². The lowest BCUT2D eigenvalue weighted by molar-refractivity contribution is -0.124. The molecule has 1 aromatic rings. The molecule has 5 heteroatoms. The molecule has 0 spiro atoms. The van der Waals surface area contributed by atoms with Crippen molar-refractivity contribution >= 4 is 28.8 Å². The molecule has 1 fully saturated rings. The van der Waals surface area contributed by atoms with Crippen molar-refractivity contribution in [3.05, 3.63) is 24.3 Å². The molecule has 3 rings (SSSR count). The average molecular weight is 304 g/mol. The smallest absolute Gasteiger partial charge is 0.240 e. The van der Waals surface area contributed by atoms with Crippen LogP contribution in [0.25, 0.3) is 0 Å². The van der Waals surface area contributed by atoms with Crippen LogP contribution in [0.4, 0.5) is 5.69 Å². The van der Waals surface area contributed by atoms with Gasteiger partial charge >= 0.3 is 0 Å². The minimum absolute atomic E-state index is 0.0467. The average Bonchev–Trinajstić information content (AvgIpc) is 2.89. The summed E-state index contributed by atoms with van der Waals surface area (Å²) in [5, 5.41) is 0. The van der Waals surface area contributed by atoms with Crippen molar-refractivity contribution in [2.75, 3.05) is 18.1 Å². The van der Waals surface area contributed by atoms with E-state index in [-0.39, 0.29) is 5.91 Å². The first-order chi connectivity index (χ1) is 10.1. The molecule has 1 saturated carbocycles. The summed E-state index contributed by atoms with van der Waals surface area (Å²) in [6.07, 6.45) is 4.36. The maximum absolute atomic E-state index is 13.2. The molecule has 0 radical (unpaired) electrons. The molecular formula is C16H20N2O2S. The van der Waals surface area contributed by atoms with Crippen molar-refractivity contribution in [3.8, 4) is 5.75 Å². The number of hydrogen-bond donors (Lipinski definition) is 1. The van der Waals surface area contributed by atoms with Crippen LogP contribution in [0.15, 0.2) is 24.3 Å². The highest BCUT2D eigenvalue weighted by atomic mass is 32.1. The highest BCUT2D eigenvalue weighted by Gasteiger charge is 2.47. The molecule has 0 aromatic heterocycles. The van der Waals surface area contributed by atoms with Crippen LogP contribution >= 0.6 is 12.2 Å². The van der Waals surface area contributed by atoms with E-state index >= 15 is 0 Å². The zero-order valence-corrected chi connectivity index (χ0v) is 12.8. The number of amides is 1. The lowest BCUT2D eigenvalue weighted by atomic mass is 9.84. The molecule has 112 valence electrons. The second kappa shape index (κ2) is 5.64. The van der Waals surface area contributed by atoms with Crippen molar-refractivity contribution in [2.24, 2.45) is 11.1 Å². The first-order valence-electron chi connectivity index (χ1n) is 7.49. The van der Waals surface area contributed by atoms with Gasteiger partial charge in [0.05, 0.1) is 22.7 Å². The molecule has 1 aliphatic heterocycles. The maximum Gasteiger partial charge on any atom is 0.240 e. The molecular weight excluding hydrogens is 284 g/mol. The van der Waals surface area contributed by atoms with Crippen LogP contribution in [0.3, 0.4) is 0 Å². The lowest BCUT2D eigenvalue weighted by Gasteiger charge is -2.33. The number of rotatable bonds is 2. The van der Waals surface area contributed by atoms with Gasteiger partial charge in [-0.2, -0.15) is 0 Å². The van der Waals surface area contributed by atoms with Crippen LogP contribution in [-0.2, 0) is 4.79 Å². The van der Waals surface area contributed by atoms with E-state index < -0.39 is 5.41 Å². The van der Waals surface area contributed by atoms with Crippen LogP contribution in [-0.4, -0.2) is 24.0 Å². The summed E-state index contributed by atoms with van der Waals surface area (Å²) < 4.78 is 5.73. The van der Waals surface area contributed by atoms with Gasteiger partial charge in [-0.1, -0.05) is 37.2 Å². The zero-order chi connectivity index (χ0) is 14.9. The Labute approximate surface area is 130 Å². The largest absolute Gasteiger partial charge is 0.491 e. The third-order valence-electron chi connectivity index (χ3n) is 4.52. The van der Waals surface area contributed by atoms with E-state index in [4.69, 9.17) is 22.7 Å². The van der Waals surface area contributed by atoms with Gasteiger partial charge in [-0.25, -0.2) is 0 Å². The van der Waals surface area contributed by atoms with Gasteiger partial charge in [0.1, 0.15) is 5.75 Å². The highest BCUT2D eigenvalue weighted by molar-refractivity contribution is 7.80. The number of nitrogens with zero attached hydrogens (tertiary/aromatic N) is 1. The van der Waals surface area contributed by atoms with Crippen LogP contribution in [0.1, 0.15) is 32.1 Å². The second-order valence-corrected chi connectivity index (χ2v) is 6.22. The van der Waals surface area contributed by atoms with E-state index in [0.717, 1.165) is 43.5 Å². The molecule has 0 atom stereocenters. The number of thiocarbonyl (C=S) groups is 1.